The third kappa shape index (κ3) is 6.15. The van der Waals surface area contributed by atoms with Gasteiger partial charge in [0.15, 0.2) is 5.96 Å². The zero-order valence-corrected chi connectivity index (χ0v) is 17.5. The maximum Gasteiger partial charge on any atom is 0.220 e. The van der Waals surface area contributed by atoms with Gasteiger partial charge in [0.1, 0.15) is 0 Å². The smallest absolute Gasteiger partial charge is 0.220 e. The molecule has 27 heavy (non-hydrogen) atoms. The summed E-state index contributed by atoms with van der Waals surface area (Å²) in [5, 5.41) is 6.16. The lowest BCUT2D eigenvalue weighted by Crippen LogP contribution is -2.46. The predicted octanol–water partition coefficient (Wildman–Crippen LogP) is 2.37. The van der Waals surface area contributed by atoms with Gasteiger partial charge in [-0.3, -0.25) is 4.79 Å². The van der Waals surface area contributed by atoms with Crippen LogP contribution in [0, 0.1) is 12.8 Å². The second-order valence-electron chi connectivity index (χ2n) is 7.50. The molecule has 150 valence electrons. The minimum Gasteiger partial charge on any atom is -0.377 e. The molecule has 1 aromatic carbocycles. The van der Waals surface area contributed by atoms with Crippen LogP contribution in [-0.2, 0) is 11.3 Å². The first kappa shape index (κ1) is 21.1. The van der Waals surface area contributed by atoms with Gasteiger partial charge in [-0.05, 0) is 49.8 Å². The van der Waals surface area contributed by atoms with Gasteiger partial charge in [-0.2, -0.15) is 0 Å². The maximum absolute atomic E-state index is 11.6. The summed E-state index contributed by atoms with van der Waals surface area (Å²) < 4.78 is 0. The highest BCUT2D eigenvalue weighted by atomic mass is 16.1. The monoisotopic (exact) mass is 373 g/mol. The average molecular weight is 374 g/mol. The van der Waals surface area contributed by atoms with Crippen LogP contribution in [-0.4, -0.2) is 57.5 Å². The molecule has 1 aliphatic rings. The van der Waals surface area contributed by atoms with Gasteiger partial charge in [-0.1, -0.05) is 12.1 Å². The molecule has 0 radical (unpaired) electrons. The summed E-state index contributed by atoms with van der Waals surface area (Å²) in [6.45, 7) is 7.63. The molecule has 0 unspecified atom stereocenters. The van der Waals surface area contributed by atoms with Crippen molar-refractivity contribution in [2.24, 2.45) is 10.9 Å². The Hall–Kier alpha value is -2.24. The number of aryl methyl sites for hydroxylation is 1. The van der Waals surface area contributed by atoms with Crippen LogP contribution < -0.4 is 15.5 Å². The molecule has 0 bridgehead atoms. The van der Waals surface area contributed by atoms with Crippen LogP contribution in [0.5, 0.6) is 0 Å². The van der Waals surface area contributed by atoms with E-state index in [1.165, 1.54) is 16.8 Å². The van der Waals surface area contributed by atoms with Crippen molar-refractivity contribution in [1.29, 1.82) is 0 Å². The van der Waals surface area contributed by atoms with Gasteiger partial charge in [0.25, 0.3) is 0 Å². The largest absolute Gasteiger partial charge is 0.377 e. The SMILES string of the molecule is CCNC(=NCc1ccc(C)cc1N(C)C)N1CCC(CC(=O)NC)CC1. The molecule has 0 saturated carbocycles. The quantitative estimate of drug-likeness (QED) is 0.594. The molecule has 6 nitrogen and oxygen atoms in total. The van der Waals surface area contributed by atoms with Gasteiger partial charge in [-0.25, -0.2) is 4.99 Å². The van der Waals surface area contributed by atoms with Crippen molar-refractivity contribution in [2.45, 2.75) is 39.7 Å². The van der Waals surface area contributed by atoms with Gasteiger partial charge >= 0.3 is 0 Å². The summed E-state index contributed by atoms with van der Waals surface area (Å²) in [6, 6.07) is 6.53. The highest BCUT2D eigenvalue weighted by Crippen LogP contribution is 2.23. The molecule has 1 heterocycles. The molecule has 1 aromatic rings. The molecule has 1 amide bonds. The summed E-state index contributed by atoms with van der Waals surface area (Å²) in [5.74, 6) is 1.59. The van der Waals surface area contributed by atoms with Gasteiger partial charge in [-0.15, -0.1) is 0 Å². The Morgan fingerprint density at radius 1 is 1.30 bits per heavy atom. The number of benzene rings is 1. The molecule has 1 fully saturated rings. The molecular formula is C21H35N5O. The zero-order chi connectivity index (χ0) is 19.8. The van der Waals surface area contributed by atoms with Crippen molar-refractivity contribution in [3.8, 4) is 0 Å². The number of hydrogen-bond acceptors (Lipinski definition) is 3. The summed E-state index contributed by atoms with van der Waals surface area (Å²) in [5.41, 5.74) is 3.71. The van der Waals surface area contributed by atoms with Crippen LogP contribution in [0.4, 0.5) is 5.69 Å². The Morgan fingerprint density at radius 2 is 2.00 bits per heavy atom. The van der Waals surface area contributed by atoms with Crippen molar-refractivity contribution in [2.75, 3.05) is 45.7 Å². The number of anilines is 1. The summed E-state index contributed by atoms with van der Waals surface area (Å²) in [6.07, 6.45) is 2.70. The average Bonchev–Trinajstić information content (AvgIpc) is 2.66. The number of nitrogens with one attached hydrogen (secondary N) is 2. The summed E-state index contributed by atoms with van der Waals surface area (Å²) in [4.78, 5) is 21.0. The number of likely N-dealkylation sites (tertiary alicyclic amines) is 1. The van der Waals surface area contributed by atoms with Crippen molar-refractivity contribution >= 4 is 17.6 Å². The number of piperidine rings is 1. The molecule has 2 N–H and O–H groups in total. The first-order valence-corrected chi connectivity index (χ1v) is 9.95. The zero-order valence-electron chi connectivity index (χ0n) is 17.5. The number of carbonyl (C=O) groups excluding carboxylic acids is 1. The Balaban J connectivity index is 2.04. The third-order valence-corrected chi connectivity index (χ3v) is 5.12. The lowest BCUT2D eigenvalue weighted by Gasteiger charge is -2.34. The lowest BCUT2D eigenvalue weighted by molar-refractivity contribution is -0.121. The molecule has 1 aliphatic heterocycles. The Morgan fingerprint density at radius 3 is 2.59 bits per heavy atom. The molecule has 0 atom stereocenters. The van der Waals surface area contributed by atoms with Crippen molar-refractivity contribution in [3.63, 3.8) is 0 Å². The van der Waals surface area contributed by atoms with Crippen LogP contribution in [0.3, 0.4) is 0 Å². The van der Waals surface area contributed by atoms with Crippen molar-refractivity contribution in [3.05, 3.63) is 29.3 Å². The van der Waals surface area contributed by atoms with Gasteiger partial charge in [0.05, 0.1) is 6.54 Å². The van der Waals surface area contributed by atoms with Crippen LogP contribution in [0.2, 0.25) is 0 Å². The van der Waals surface area contributed by atoms with E-state index in [9.17, 15) is 4.79 Å². The molecular weight excluding hydrogens is 338 g/mol. The van der Waals surface area contributed by atoms with E-state index in [0.717, 1.165) is 38.4 Å². The molecule has 2 rings (SSSR count). The van der Waals surface area contributed by atoms with Gasteiger partial charge in [0, 0.05) is 52.9 Å². The second-order valence-corrected chi connectivity index (χ2v) is 7.50. The van der Waals surface area contributed by atoms with E-state index in [0.29, 0.717) is 18.9 Å². The molecule has 0 spiro atoms. The number of guanidine groups is 1. The number of aliphatic imine (C=N–C) groups is 1. The Labute approximate surface area is 164 Å². The number of rotatable bonds is 6. The van der Waals surface area contributed by atoms with Gasteiger partial charge in [0.2, 0.25) is 5.91 Å². The van der Waals surface area contributed by atoms with E-state index in [4.69, 9.17) is 4.99 Å². The van der Waals surface area contributed by atoms with Crippen LogP contribution in [0.1, 0.15) is 37.3 Å². The lowest BCUT2D eigenvalue weighted by atomic mass is 9.93. The van der Waals surface area contributed by atoms with Crippen LogP contribution >= 0.6 is 0 Å². The Bertz CT molecular complexity index is 648. The molecule has 0 aliphatic carbocycles. The van der Waals surface area contributed by atoms with Crippen molar-refractivity contribution in [1.82, 2.24) is 15.5 Å². The molecule has 1 saturated heterocycles. The highest BCUT2D eigenvalue weighted by molar-refractivity contribution is 5.80. The third-order valence-electron chi connectivity index (χ3n) is 5.12. The van der Waals surface area contributed by atoms with E-state index < -0.39 is 0 Å². The first-order valence-electron chi connectivity index (χ1n) is 9.95. The fraction of sp³-hybridized carbons (Fsp3) is 0.619. The van der Waals surface area contributed by atoms with E-state index in [2.05, 4.69) is 66.6 Å². The number of amides is 1. The minimum absolute atomic E-state index is 0.143. The van der Waals surface area contributed by atoms with Gasteiger partial charge < -0.3 is 20.4 Å². The second kappa shape index (κ2) is 10.2. The fourth-order valence-electron chi connectivity index (χ4n) is 3.52. The number of nitrogens with zero attached hydrogens (tertiary/aromatic N) is 3. The van der Waals surface area contributed by atoms with E-state index in [1.807, 2.05) is 0 Å². The molecule has 6 heteroatoms. The predicted molar refractivity (Wildman–Crippen MR) is 113 cm³/mol. The number of carbonyl (C=O) groups is 1. The minimum atomic E-state index is 0.143. The molecule has 0 aromatic heterocycles. The standard InChI is InChI=1S/C21H35N5O/c1-6-23-21(26-11-9-17(10-12-26)14-20(27)22-3)24-15-18-8-7-16(2)13-19(18)25(4)5/h7-8,13,17H,6,9-12,14-15H2,1-5H3,(H,22,27)(H,23,24). The number of hydrogen-bond donors (Lipinski definition) is 2. The maximum atomic E-state index is 11.6. The topological polar surface area (TPSA) is 60.0 Å². The van der Waals surface area contributed by atoms with E-state index in [1.54, 1.807) is 7.05 Å². The van der Waals surface area contributed by atoms with E-state index >= 15 is 0 Å². The van der Waals surface area contributed by atoms with Crippen LogP contribution in [0.15, 0.2) is 23.2 Å². The summed E-state index contributed by atoms with van der Waals surface area (Å²) >= 11 is 0. The summed E-state index contributed by atoms with van der Waals surface area (Å²) in [7, 11) is 5.86. The normalized spacial score (nSPS) is 15.6. The van der Waals surface area contributed by atoms with E-state index in [-0.39, 0.29) is 5.91 Å². The first-order chi connectivity index (χ1) is 12.9. The van der Waals surface area contributed by atoms with Crippen LogP contribution in [0.25, 0.3) is 0 Å². The fourth-order valence-corrected chi connectivity index (χ4v) is 3.52. The van der Waals surface area contributed by atoms with Crippen molar-refractivity contribution < 1.29 is 4.79 Å². The highest BCUT2D eigenvalue weighted by Gasteiger charge is 2.23. The Kier molecular flexibility index (Phi) is 7.95.